The van der Waals surface area contributed by atoms with Crippen molar-refractivity contribution in [1.29, 1.82) is 0 Å². The SMILES string of the molecule is CN1CCCN(C(=O)c2occc2-c2ccccc2)CC1. The van der Waals surface area contributed by atoms with Gasteiger partial charge in [0.25, 0.3) is 5.91 Å². The number of rotatable bonds is 2. The molecule has 0 saturated carbocycles. The maximum absolute atomic E-state index is 12.7. The molecule has 1 fully saturated rings. The molecule has 0 radical (unpaired) electrons. The van der Waals surface area contributed by atoms with Gasteiger partial charge >= 0.3 is 0 Å². The van der Waals surface area contributed by atoms with Crippen molar-refractivity contribution in [2.75, 3.05) is 33.2 Å². The molecule has 3 rings (SSSR count). The molecular formula is C17H20N2O2. The van der Waals surface area contributed by atoms with E-state index in [-0.39, 0.29) is 5.91 Å². The molecule has 1 aromatic heterocycles. The summed E-state index contributed by atoms with van der Waals surface area (Å²) in [5.74, 6) is 0.444. The Bertz CT molecular complexity index is 606. The fourth-order valence-corrected chi connectivity index (χ4v) is 2.71. The molecule has 1 amide bonds. The lowest BCUT2D eigenvalue weighted by atomic mass is 10.1. The van der Waals surface area contributed by atoms with Crippen LogP contribution < -0.4 is 0 Å². The van der Waals surface area contributed by atoms with Crippen molar-refractivity contribution in [2.45, 2.75) is 6.42 Å². The second-order valence-corrected chi connectivity index (χ2v) is 5.48. The van der Waals surface area contributed by atoms with Gasteiger partial charge in [0.2, 0.25) is 0 Å². The van der Waals surface area contributed by atoms with Crippen LogP contribution in [0, 0.1) is 0 Å². The molecule has 0 aliphatic carbocycles. The Morgan fingerprint density at radius 3 is 2.67 bits per heavy atom. The normalized spacial score (nSPS) is 16.7. The summed E-state index contributed by atoms with van der Waals surface area (Å²) >= 11 is 0. The molecule has 1 aliphatic heterocycles. The lowest BCUT2D eigenvalue weighted by Crippen LogP contribution is -2.34. The molecule has 1 saturated heterocycles. The van der Waals surface area contributed by atoms with Crippen LogP contribution in [0.25, 0.3) is 11.1 Å². The Morgan fingerprint density at radius 2 is 1.86 bits per heavy atom. The van der Waals surface area contributed by atoms with Crippen LogP contribution in [-0.4, -0.2) is 48.9 Å². The number of furan rings is 1. The first-order valence-corrected chi connectivity index (χ1v) is 7.36. The minimum Gasteiger partial charge on any atom is -0.459 e. The largest absolute Gasteiger partial charge is 0.459 e. The zero-order valence-corrected chi connectivity index (χ0v) is 12.3. The highest BCUT2D eigenvalue weighted by Crippen LogP contribution is 2.26. The van der Waals surface area contributed by atoms with Crippen LogP contribution >= 0.6 is 0 Å². The van der Waals surface area contributed by atoms with Crippen molar-refractivity contribution >= 4 is 5.91 Å². The number of likely N-dealkylation sites (N-methyl/N-ethyl adjacent to an activating group) is 1. The van der Waals surface area contributed by atoms with E-state index in [1.165, 1.54) is 0 Å². The Kier molecular flexibility index (Phi) is 4.06. The average molecular weight is 284 g/mol. The highest BCUT2D eigenvalue weighted by molar-refractivity contribution is 5.98. The first kappa shape index (κ1) is 13.9. The quantitative estimate of drug-likeness (QED) is 0.851. The van der Waals surface area contributed by atoms with E-state index in [0.717, 1.165) is 43.7 Å². The van der Waals surface area contributed by atoms with E-state index in [4.69, 9.17) is 4.42 Å². The van der Waals surface area contributed by atoms with Crippen LogP contribution in [0.1, 0.15) is 17.0 Å². The van der Waals surface area contributed by atoms with Crippen LogP contribution in [0.2, 0.25) is 0 Å². The standard InChI is InChI=1S/C17H20N2O2/c1-18-9-5-10-19(12-11-18)17(20)16-15(8-13-21-16)14-6-3-2-4-7-14/h2-4,6-8,13H,5,9-12H2,1H3. The number of carbonyl (C=O) groups excluding carboxylic acids is 1. The van der Waals surface area contributed by atoms with Gasteiger partial charge in [0.05, 0.1) is 6.26 Å². The van der Waals surface area contributed by atoms with Gasteiger partial charge in [-0.1, -0.05) is 30.3 Å². The van der Waals surface area contributed by atoms with Crippen molar-refractivity contribution in [1.82, 2.24) is 9.80 Å². The van der Waals surface area contributed by atoms with E-state index in [1.807, 2.05) is 41.3 Å². The predicted molar refractivity (Wildman–Crippen MR) is 82.2 cm³/mol. The maximum Gasteiger partial charge on any atom is 0.290 e. The van der Waals surface area contributed by atoms with Crippen LogP contribution in [0.4, 0.5) is 0 Å². The molecule has 0 atom stereocenters. The molecule has 0 unspecified atom stereocenters. The predicted octanol–water partition coefficient (Wildman–Crippen LogP) is 2.72. The smallest absolute Gasteiger partial charge is 0.290 e. The summed E-state index contributed by atoms with van der Waals surface area (Å²) in [6.45, 7) is 3.49. The topological polar surface area (TPSA) is 36.7 Å². The summed E-state index contributed by atoms with van der Waals surface area (Å²) in [4.78, 5) is 16.9. The van der Waals surface area contributed by atoms with Crippen LogP contribution in [0.3, 0.4) is 0 Å². The summed E-state index contributed by atoms with van der Waals surface area (Å²) in [7, 11) is 2.09. The molecule has 21 heavy (non-hydrogen) atoms. The van der Waals surface area contributed by atoms with E-state index >= 15 is 0 Å². The third-order valence-electron chi connectivity index (χ3n) is 3.95. The summed E-state index contributed by atoms with van der Waals surface area (Å²) < 4.78 is 5.50. The van der Waals surface area contributed by atoms with E-state index in [9.17, 15) is 4.79 Å². The second kappa shape index (κ2) is 6.14. The van der Waals surface area contributed by atoms with Gasteiger partial charge in [-0.15, -0.1) is 0 Å². The molecular weight excluding hydrogens is 264 g/mol. The van der Waals surface area contributed by atoms with Crippen molar-refractivity contribution < 1.29 is 9.21 Å². The van der Waals surface area contributed by atoms with Gasteiger partial charge in [-0.05, 0) is 31.6 Å². The van der Waals surface area contributed by atoms with Crippen molar-refractivity contribution in [3.8, 4) is 11.1 Å². The number of nitrogens with zero attached hydrogens (tertiary/aromatic N) is 2. The fourth-order valence-electron chi connectivity index (χ4n) is 2.71. The van der Waals surface area contributed by atoms with E-state index < -0.39 is 0 Å². The molecule has 2 heterocycles. The number of amides is 1. The molecule has 0 spiro atoms. The Labute approximate surface area is 125 Å². The maximum atomic E-state index is 12.7. The highest BCUT2D eigenvalue weighted by Gasteiger charge is 2.24. The van der Waals surface area contributed by atoms with Crippen LogP contribution in [0.5, 0.6) is 0 Å². The van der Waals surface area contributed by atoms with E-state index in [1.54, 1.807) is 6.26 Å². The number of benzene rings is 1. The van der Waals surface area contributed by atoms with E-state index in [0.29, 0.717) is 5.76 Å². The lowest BCUT2D eigenvalue weighted by Gasteiger charge is -2.19. The minimum absolute atomic E-state index is 0.00541. The third-order valence-corrected chi connectivity index (χ3v) is 3.95. The van der Waals surface area contributed by atoms with Crippen LogP contribution in [-0.2, 0) is 0 Å². The van der Waals surface area contributed by atoms with E-state index in [2.05, 4.69) is 11.9 Å². The first-order valence-electron chi connectivity index (χ1n) is 7.36. The Balaban J connectivity index is 1.84. The summed E-state index contributed by atoms with van der Waals surface area (Å²) in [6, 6.07) is 11.8. The van der Waals surface area contributed by atoms with Gasteiger partial charge < -0.3 is 14.2 Å². The van der Waals surface area contributed by atoms with Crippen molar-refractivity contribution in [3.63, 3.8) is 0 Å². The summed E-state index contributed by atoms with van der Waals surface area (Å²) in [5, 5.41) is 0. The molecule has 4 nitrogen and oxygen atoms in total. The van der Waals surface area contributed by atoms with Gasteiger partial charge in [0, 0.05) is 25.2 Å². The zero-order valence-electron chi connectivity index (χ0n) is 12.3. The zero-order chi connectivity index (χ0) is 14.7. The molecule has 0 bridgehead atoms. The molecule has 110 valence electrons. The molecule has 1 aliphatic rings. The molecule has 4 heteroatoms. The number of hydrogen-bond acceptors (Lipinski definition) is 3. The van der Waals surface area contributed by atoms with Crippen molar-refractivity contribution in [2.24, 2.45) is 0 Å². The van der Waals surface area contributed by atoms with Gasteiger partial charge in [-0.3, -0.25) is 4.79 Å². The van der Waals surface area contributed by atoms with Gasteiger partial charge in [0.15, 0.2) is 5.76 Å². The van der Waals surface area contributed by atoms with Gasteiger partial charge in [-0.2, -0.15) is 0 Å². The van der Waals surface area contributed by atoms with Gasteiger partial charge in [-0.25, -0.2) is 0 Å². The Hall–Kier alpha value is -2.07. The fraction of sp³-hybridized carbons (Fsp3) is 0.353. The second-order valence-electron chi connectivity index (χ2n) is 5.48. The van der Waals surface area contributed by atoms with Crippen molar-refractivity contribution in [3.05, 3.63) is 48.4 Å². The molecule has 2 aromatic rings. The minimum atomic E-state index is -0.00541. The molecule has 1 aromatic carbocycles. The number of carbonyl (C=O) groups is 1. The van der Waals surface area contributed by atoms with Gasteiger partial charge in [0.1, 0.15) is 0 Å². The first-order chi connectivity index (χ1) is 10.3. The average Bonchev–Trinajstić information content (AvgIpc) is 2.90. The monoisotopic (exact) mass is 284 g/mol. The highest BCUT2D eigenvalue weighted by atomic mass is 16.3. The summed E-state index contributed by atoms with van der Waals surface area (Å²) in [5.41, 5.74) is 1.89. The third kappa shape index (κ3) is 3.00. The number of hydrogen-bond donors (Lipinski definition) is 0. The molecule has 0 N–H and O–H groups in total. The summed E-state index contributed by atoms with van der Waals surface area (Å²) in [6.07, 6.45) is 2.60. The lowest BCUT2D eigenvalue weighted by molar-refractivity contribution is 0.0732. The van der Waals surface area contributed by atoms with Crippen LogP contribution in [0.15, 0.2) is 47.1 Å². The Morgan fingerprint density at radius 1 is 1.05 bits per heavy atom.